The van der Waals surface area contributed by atoms with E-state index in [1.807, 2.05) is 6.07 Å². The average molecular weight is 503 g/mol. The van der Waals surface area contributed by atoms with Gasteiger partial charge in [0, 0.05) is 19.7 Å². The molecule has 29 heavy (non-hydrogen) atoms. The Hall–Kier alpha value is -2.62. The van der Waals surface area contributed by atoms with Crippen LogP contribution in [-0.2, 0) is 0 Å². The predicted octanol–water partition coefficient (Wildman–Crippen LogP) is 8.99. The van der Waals surface area contributed by atoms with Crippen LogP contribution in [0, 0.1) is 0 Å². The largest absolute Gasteiger partial charge is 0.307 e. The molecule has 0 amide bonds. The molecule has 0 aromatic heterocycles. The monoisotopic (exact) mass is 501 g/mol. The topological polar surface area (TPSA) is 3.24 Å². The lowest BCUT2D eigenvalue weighted by atomic mass is 10.0. The second-order valence-electron chi connectivity index (χ2n) is 6.90. The fourth-order valence-electron chi connectivity index (χ4n) is 3.88. The van der Waals surface area contributed by atoms with Gasteiger partial charge in [0.1, 0.15) is 0 Å². The SMILES string of the molecule is Brc1cccc(Br)c1N(c1cccc2ccccc12)c1cccc2ccccc12. The first-order valence-corrected chi connectivity index (χ1v) is 11.0. The summed E-state index contributed by atoms with van der Waals surface area (Å²) in [5.41, 5.74) is 3.37. The van der Waals surface area contributed by atoms with Crippen molar-refractivity contribution in [1.29, 1.82) is 0 Å². The maximum Gasteiger partial charge on any atom is 0.0746 e. The minimum Gasteiger partial charge on any atom is -0.307 e. The lowest BCUT2D eigenvalue weighted by Gasteiger charge is -2.29. The number of para-hydroxylation sites is 1. The zero-order valence-electron chi connectivity index (χ0n) is 15.5. The smallest absolute Gasteiger partial charge is 0.0746 e. The van der Waals surface area contributed by atoms with E-state index in [0.717, 1.165) is 26.0 Å². The highest BCUT2D eigenvalue weighted by molar-refractivity contribution is 9.11. The van der Waals surface area contributed by atoms with Gasteiger partial charge in [-0.05, 0) is 66.9 Å². The fraction of sp³-hybridized carbons (Fsp3) is 0. The Kier molecular flexibility index (Phi) is 4.86. The molecular weight excluding hydrogens is 486 g/mol. The number of benzene rings is 5. The lowest BCUT2D eigenvalue weighted by Crippen LogP contribution is -2.12. The highest BCUT2D eigenvalue weighted by Crippen LogP contribution is 2.47. The van der Waals surface area contributed by atoms with Crippen molar-refractivity contribution < 1.29 is 0 Å². The number of fused-ring (bicyclic) bond motifs is 2. The third-order valence-corrected chi connectivity index (χ3v) is 6.46. The summed E-state index contributed by atoms with van der Waals surface area (Å²) in [6.07, 6.45) is 0. The molecule has 0 bridgehead atoms. The first-order valence-electron chi connectivity index (χ1n) is 9.44. The van der Waals surface area contributed by atoms with Crippen molar-refractivity contribution in [3.8, 4) is 0 Å². The van der Waals surface area contributed by atoms with E-state index >= 15 is 0 Å². The standard InChI is InChI=1S/C26H17Br2N/c27-22-14-7-15-23(28)26(22)29(24-16-5-10-18-8-1-3-12-20(18)24)25-17-6-11-19-9-2-4-13-21(19)25/h1-17H. The van der Waals surface area contributed by atoms with Crippen LogP contribution in [0.5, 0.6) is 0 Å². The average Bonchev–Trinajstić information content (AvgIpc) is 2.76. The van der Waals surface area contributed by atoms with Gasteiger partial charge in [0.15, 0.2) is 0 Å². The maximum atomic E-state index is 3.80. The molecule has 0 heterocycles. The van der Waals surface area contributed by atoms with Crippen molar-refractivity contribution >= 4 is 70.5 Å². The van der Waals surface area contributed by atoms with Crippen LogP contribution in [0.15, 0.2) is 112 Å². The van der Waals surface area contributed by atoms with Gasteiger partial charge in [-0.25, -0.2) is 0 Å². The summed E-state index contributed by atoms with van der Waals surface area (Å²) in [5, 5.41) is 4.87. The van der Waals surface area contributed by atoms with Crippen LogP contribution < -0.4 is 4.90 Å². The molecule has 0 unspecified atom stereocenters. The molecule has 0 atom stereocenters. The van der Waals surface area contributed by atoms with Crippen molar-refractivity contribution in [2.24, 2.45) is 0 Å². The molecule has 0 spiro atoms. The van der Waals surface area contributed by atoms with E-state index in [4.69, 9.17) is 0 Å². The van der Waals surface area contributed by atoms with Crippen LogP contribution >= 0.6 is 31.9 Å². The van der Waals surface area contributed by atoms with E-state index in [1.165, 1.54) is 21.5 Å². The third-order valence-electron chi connectivity index (χ3n) is 5.18. The van der Waals surface area contributed by atoms with Crippen LogP contribution in [0.3, 0.4) is 0 Å². The van der Waals surface area contributed by atoms with Crippen molar-refractivity contribution in [1.82, 2.24) is 0 Å². The summed E-state index contributed by atoms with van der Waals surface area (Å²) < 4.78 is 2.07. The molecule has 5 aromatic carbocycles. The normalized spacial score (nSPS) is 11.1. The van der Waals surface area contributed by atoms with Crippen molar-refractivity contribution in [2.45, 2.75) is 0 Å². The molecular formula is C26H17Br2N. The summed E-state index contributed by atoms with van der Waals surface area (Å²) in [6, 6.07) is 36.2. The lowest BCUT2D eigenvalue weighted by molar-refractivity contribution is 1.29. The van der Waals surface area contributed by atoms with E-state index < -0.39 is 0 Å². The molecule has 5 aromatic rings. The van der Waals surface area contributed by atoms with Crippen LogP contribution in [0.1, 0.15) is 0 Å². The van der Waals surface area contributed by atoms with Crippen molar-refractivity contribution in [3.05, 3.63) is 112 Å². The number of halogens is 2. The molecule has 0 aliphatic rings. The summed E-state index contributed by atoms with van der Waals surface area (Å²) in [5.74, 6) is 0. The highest BCUT2D eigenvalue weighted by Gasteiger charge is 2.21. The number of nitrogens with zero attached hydrogens (tertiary/aromatic N) is 1. The molecule has 0 aliphatic heterocycles. The van der Waals surface area contributed by atoms with Crippen LogP contribution in [-0.4, -0.2) is 0 Å². The first kappa shape index (κ1) is 18.4. The molecule has 0 aliphatic carbocycles. The molecule has 140 valence electrons. The predicted molar refractivity (Wildman–Crippen MR) is 132 cm³/mol. The Labute approximate surface area is 186 Å². The molecule has 0 saturated carbocycles. The van der Waals surface area contributed by atoms with Gasteiger partial charge in [-0.3, -0.25) is 0 Å². The van der Waals surface area contributed by atoms with E-state index in [0.29, 0.717) is 0 Å². The molecule has 0 radical (unpaired) electrons. The van der Waals surface area contributed by atoms with Gasteiger partial charge in [0.2, 0.25) is 0 Å². The Morgan fingerprint density at radius 1 is 0.448 bits per heavy atom. The number of hydrogen-bond acceptors (Lipinski definition) is 1. The van der Waals surface area contributed by atoms with Crippen molar-refractivity contribution in [3.63, 3.8) is 0 Å². The summed E-state index contributed by atoms with van der Waals surface area (Å²) in [6.45, 7) is 0. The summed E-state index contributed by atoms with van der Waals surface area (Å²) >= 11 is 7.60. The van der Waals surface area contributed by atoms with Crippen molar-refractivity contribution in [2.75, 3.05) is 4.90 Å². The third kappa shape index (κ3) is 3.25. The van der Waals surface area contributed by atoms with Crippen LogP contribution in [0.25, 0.3) is 21.5 Å². The van der Waals surface area contributed by atoms with Gasteiger partial charge in [0.25, 0.3) is 0 Å². The summed E-state index contributed by atoms with van der Waals surface area (Å²) in [7, 11) is 0. The van der Waals surface area contributed by atoms with Crippen LogP contribution in [0.2, 0.25) is 0 Å². The quantitative estimate of drug-likeness (QED) is 0.238. The van der Waals surface area contributed by atoms with Gasteiger partial charge in [0.05, 0.1) is 17.1 Å². The second kappa shape index (κ2) is 7.66. The molecule has 0 fully saturated rings. The molecule has 1 nitrogen and oxygen atoms in total. The minimum absolute atomic E-state index is 1.03. The Morgan fingerprint density at radius 3 is 1.38 bits per heavy atom. The zero-order chi connectivity index (χ0) is 19.8. The van der Waals surface area contributed by atoms with Crippen LogP contribution in [0.4, 0.5) is 17.1 Å². The van der Waals surface area contributed by atoms with Gasteiger partial charge < -0.3 is 4.90 Å². The van der Waals surface area contributed by atoms with Gasteiger partial charge in [-0.2, -0.15) is 0 Å². The molecule has 0 saturated heterocycles. The number of rotatable bonds is 3. The number of hydrogen-bond donors (Lipinski definition) is 0. The summed E-state index contributed by atoms with van der Waals surface area (Å²) in [4.78, 5) is 2.35. The Bertz CT molecular complexity index is 1230. The second-order valence-corrected chi connectivity index (χ2v) is 8.61. The minimum atomic E-state index is 1.03. The molecule has 5 rings (SSSR count). The zero-order valence-corrected chi connectivity index (χ0v) is 18.7. The number of anilines is 3. The van der Waals surface area contributed by atoms with Gasteiger partial charge >= 0.3 is 0 Å². The fourth-order valence-corrected chi connectivity index (χ4v) is 5.23. The van der Waals surface area contributed by atoms with E-state index in [9.17, 15) is 0 Å². The van der Waals surface area contributed by atoms with E-state index in [-0.39, 0.29) is 0 Å². The first-order chi connectivity index (χ1) is 14.2. The Morgan fingerprint density at radius 2 is 0.862 bits per heavy atom. The van der Waals surface area contributed by atoms with E-state index in [1.54, 1.807) is 0 Å². The highest BCUT2D eigenvalue weighted by atomic mass is 79.9. The van der Waals surface area contributed by atoms with Gasteiger partial charge in [-0.15, -0.1) is 0 Å². The van der Waals surface area contributed by atoms with E-state index in [2.05, 4.69) is 134 Å². The molecule has 3 heteroatoms. The maximum absolute atomic E-state index is 3.80. The van der Waals surface area contributed by atoms with Gasteiger partial charge in [-0.1, -0.05) is 78.9 Å². The molecule has 0 N–H and O–H groups in total. The Balaban J connectivity index is 1.90.